The Morgan fingerprint density at radius 3 is 2.20 bits per heavy atom. The normalized spacial score (nSPS) is 27.4. The fourth-order valence-electron chi connectivity index (χ4n) is 2.37. The zero-order valence-electron chi connectivity index (χ0n) is 11.0. The molecule has 116 valence electrons. The van der Waals surface area contributed by atoms with Gasteiger partial charge in [0.1, 0.15) is 5.54 Å². The van der Waals surface area contributed by atoms with E-state index in [9.17, 15) is 27.2 Å². The fourth-order valence-corrected chi connectivity index (χ4v) is 2.37. The Morgan fingerprint density at radius 2 is 1.85 bits per heavy atom. The SMILES string of the molecule is CCC1CCC(NC(=O)C(F)(F)C(F)F)(C(=O)O)CC1. The Morgan fingerprint density at radius 1 is 1.35 bits per heavy atom. The largest absolute Gasteiger partial charge is 0.480 e. The molecule has 8 heteroatoms. The molecule has 0 aliphatic heterocycles. The fraction of sp³-hybridized carbons (Fsp3) is 0.833. The molecule has 0 aromatic carbocycles. The van der Waals surface area contributed by atoms with Gasteiger partial charge >= 0.3 is 18.3 Å². The van der Waals surface area contributed by atoms with Crippen molar-refractivity contribution in [3.05, 3.63) is 0 Å². The molecule has 0 spiro atoms. The number of hydrogen-bond donors (Lipinski definition) is 2. The Hall–Kier alpha value is -1.34. The predicted molar refractivity (Wildman–Crippen MR) is 61.7 cm³/mol. The van der Waals surface area contributed by atoms with Crippen molar-refractivity contribution in [1.29, 1.82) is 0 Å². The van der Waals surface area contributed by atoms with Gasteiger partial charge in [-0.3, -0.25) is 4.79 Å². The lowest BCUT2D eigenvalue weighted by atomic mass is 9.75. The minimum Gasteiger partial charge on any atom is -0.480 e. The number of amides is 1. The number of carboxylic acids is 1. The van der Waals surface area contributed by atoms with Gasteiger partial charge in [0.15, 0.2) is 0 Å². The summed E-state index contributed by atoms with van der Waals surface area (Å²) in [7, 11) is 0. The Kier molecular flexibility index (Phi) is 4.99. The maximum Gasteiger partial charge on any atom is 0.383 e. The molecular formula is C12H17F4NO3. The highest BCUT2D eigenvalue weighted by Crippen LogP contribution is 2.35. The first-order chi connectivity index (χ1) is 9.15. The lowest BCUT2D eigenvalue weighted by molar-refractivity contribution is -0.174. The van der Waals surface area contributed by atoms with E-state index in [1.54, 1.807) is 5.32 Å². The van der Waals surface area contributed by atoms with E-state index < -0.39 is 29.8 Å². The van der Waals surface area contributed by atoms with Crippen LogP contribution in [0.25, 0.3) is 0 Å². The summed E-state index contributed by atoms with van der Waals surface area (Å²) in [6.45, 7) is 1.92. The highest BCUT2D eigenvalue weighted by atomic mass is 19.3. The van der Waals surface area contributed by atoms with Crippen molar-refractivity contribution in [3.63, 3.8) is 0 Å². The zero-order chi connectivity index (χ0) is 15.6. The molecule has 0 atom stereocenters. The van der Waals surface area contributed by atoms with Crippen LogP contribution < -0.4 is 5.32 Å². The minimum atomic E-state index is -4.88. The molecule has 1 amide bonds. The van der Waals surface area contributed by atoms with Gasteiger partial charge in [0.25, 0.3) is 5.91 Å². The van der Waals surface area contributed by atoms with Crippen LogP contribution in [0.1, 0.15) is 39.0 Å². The molecule has 2 N–H and O–H groups in total. The number of hydrogen-bond acceptors (Lipinski definition) is 2. The van der Waals surface area contributed by atoms with Crippen molar-refractivity contribution in [1.82, 2.24) is 5.32 Å². The Balaban J connectivity index is 2.84. The Bertz CT molecular complexity index is 379. The van der Waals surface area contributed by atoms with Gasteiger partial charge in [-0.05, 0) is 31.6 Å². The van der Waals surface area contributed by atoms with E-state index in [0.29, 0.717) is 12.8 Å². The summed E-state index contributed by atoms with van der Waals surface area (Å²) in [5.74, 6) is -8.32. The van der Waals surface area contributed by atoms with E-state index in [2.05, 4.69) is 0 Å². The molecule has 0 saturated heterocycles. The van der Waals surface area contributed by atoms with E-state index in [4.69, 9.17) is 5.11 Å². The van der Waals surface area contributed by atoms with Crippen LogP contribution in [-0.2, 0) is 9.59 Å². The lowest BCUT2D eigenvalue weighted by Gasteiger charge is -2.37. The molecule has 0 heterocycles. The maximum absolute atomic E-state index is 12.9. The first-order valence-electron chi connectivity index (χ1n) is 6.37. The van der Waals surface area contributed by atoms with E-state index in [-0.39, 0.29) is 18.8 Å². The van der Waals surface area contributed by atoms with Gasteiger partial charge in [-0.15, -0.1) is 0 Å². The maximum atomic E-state index is 12.9. The van der Waals surface area contributed by atoms with Gasteiger partial charge < -0.3 is 10.4 Å². The third kappa shape index (κ3) is 3.21. The first-order valence-corrected chi connectivity index (χ1v) is 6.37. The molecule has 1 fully saturated rings. The molecule has 0 aromatic rings. The third-order valence-electron chi connectivity index (χ3n) is 3.88. The number of carbonyl (C=O) groups excluding carboxylic acids is 1. The quantitative estimate of drug-likeness (QED) is 0.766. The van der Waals surface area contributed by atoms with Crippen LogP contribution in [-0.4, -0.2) is 34.9 Å². The molecule has 1 saturated carbocycles. The molecule has 1 rings (SSSR count). The molecular weight excluding hydrogens is 282 g/mol. The number of nitrogens with one attached hydrogen (secondary N) is 1. The second-order valence-electron chi connectivity index (χ2n) is 5.12. The predicted octanol–water partition coefficient (Wildman–Crippen LogP) is 2.43. The van der Waals surface area contributed by atoms with E-state index in [1.165, 1.54) is 0 Å². The molecule has 20 heavy (non-hydrogen) atoms. The summed E-state index contributed by atoms with van der Waals surface area (Å²) in [6.07, 6.45) is -2.53. The molecule has 1 aliphatic carbocycles. The molecule has 0 unspecified atom stereocenters. The topological polar surface area (TPSA) is 66.4 Å². The number of carbonyl (C=O) groups is 2. The number of aliphatic carboxylic acids is 1. The van der Waals surface area contributed by atoms with Crippen molar-refractivity contribution in [3.8, 4) is 0 Å². The highest BCUT2D eigenvalue weighted by molar-refractivity contribution is 5.90. The average molecular weight is 299 g/mol. The van der Waals surface area contributed by atoms with E-state index >= 15 is 0 Å². The summed E-state index contributed by atoms with van der Waals surface area (Å²) < 4.78 is 50.0. The van der Waals surface area contributed by atoms with Crippen molar-refractivity contribution < 1.29 is 32.3 Å². The third-order valence-corrected chi connectivity index (χ3v) is 3.88. The second-order valence-corrected chi connectivity index (χ2v) is 5.12. The zero-order valence-corrected chi connectivity index (χ0v) is 11.0. The van der Waals surface area contributed by atoms with Crippen molar-refractivity contribution in [2.75, 3.05) is 0 Å². The Labute approximate surface area is 113 Å². The molecule has 1 aliphatic rings. The second kappa shape index (κ2) is 5.97. The highest BCUT2D eigenvalue weighted by Gasteiger charge is 2.53. The summed E-state index contributed by atoms with van der Waals surface area (Å²) >= 11 is 0. The van der Waals surface area contributed by atoms with Crippen LogP contribution in [0.15, 0.2) is 0 Å². The minimum absolute atomic E-state index is 0.0358. The van der Waals surface area contributed by atoms with Crippen LogP contribution in [0.4, 0.5) is 17.6 Å². The van der Waals surface area contributed by atoms with Crippen LogP contribution in [0.2, 0.25) is 0 Å². The van der Waals surface area contributed by atoms with Crippen molar-refractivity contribution >= 4 is 11.9 Å². The van der Waals surface area contributed by atoms with Crippen LogP contribution in [0.5, 0.6) is 0 Å². The van der Waals surface area contributed by atoms with Crippen molar-refractivity contribution in [2.24, 2.45) is 5.92 Å². The molecule has 0 radical (unpaired) electrons. The van der Waals surface area contributed by atoms with Gasteiger partial charge in [0.05, 0.1) is 0 Å². The van der Waals surface area contributed by atoms with Gasteiger partial charge in [-0.25, -0.2) is 13.6 Å². The lowest BCUT2D eigenvalue weighted by Crippen LogP contribution is -2.60. The number of alkyl halides is 4. The summed E-state index contributed by atoms with van der Waals surface area (Å²) in [6, 6.07) is 0. The summed E-state index contributed by atoms with van der Waals surface area (Å²) in [5.41, 5.74) is -1.87. The van der Waals surface area contributed by atoms with Gasteiger partial charge in [-0.2, -0.15) is 8.78 Å². The van der Waals surface area contributed by atoms with Gasteiger partial charge in [0, 0.05) is 0 Å². The standard InChI is InChI=1S/C12H17F4NO3/c1-2-7-3-5-11(6-4-7,10(19)20)17-9(18)12(15,16)8(13)14/h7-8H,2-6H2,1H3,(H,17,18)(H,19,20). The van der Waals surface area contributed by atoms with Crippen LogP contribution in [0, 0.1) is 5.92 Å². The number of carboxylic acid groups (broad SMARTS) is 1. The van der Waals surface area contributed by atoms with E-state index in [0.717, 1.165) is 6.42 Å². The van der Waals surface area contributed by atoms with Gasteiger partial charge in [-0.1, -0.05) is 13.3 Å². The van der Waals surface area contributed by atoms with Crippen LogP contribution in [0.3, 0.4) is 0 Å². The number of halogens is 4. The van der Waals surface area contributed by atoms with Crippen molar-refractivity contribution in [2.45, 2.75) is 56.9 Å². The van der Waals surface area contributed by atoms with E-state index in [1.807, 2.05) is 6.92 Å². The first kappa shape index (κ1) is 16.7. The monoisotopic (exact) mass is 299 g/mol. The smallest absolute Gasteiger partial charge is 0.383 e. The van der Waals surface area contributed by atoms with Gasteiger partial charge in [0.2, 0.25) is 0 Å². The molecule has 4 nitrogen and oxygen atoms in total. The van der Waals surface area contributed by atoms with Crippen LogP contribution >= 0.6 is 0 Å². The number of rotatable bonds is 5. The average Bonchev–Trinajstić information content (AvgIpc) is 2.38. The summed E-state index contributed by atoms with van der Waals surface area (Å²) in [5, 5.41) is 10.8. The molecule has 0 aromatic heterocycles. The summed E-state index contributed by atoms with van der Waals surface area (Å²) in [4.78, 5) is 22.5. The molecule has 0 bridgehead atoms.